The molecule has 1 atom stereocenters. The van der Waals surface area contributed by atoms with Crippen LogP contribution in [-0.2, 0) is 41.6 Å². The van der Waals surface area contributed by atoms with Crippen LogP contribution in [0, 0.1) is 11.8 Å². The minimum absolute atomic E-state index is 0.0215. The molecule has 0 aliphatic carbocycles. The van der Waals surface area contributed by atoms with Crippen molar-refractivity contribution in [1.29, 1.82) is 0 Å². The summed E-state index contributed by atoms with van der Waals surface area (Å²) < 4.78 is 19.2. The topological polar surface area (TPSA) is 134 Å². The molecule has 0 bridgehead atoms. The van der Waals surface area contributed by atoms with E-state index >= 15 is 0 Å². The number of ketones is 1. The molecular formula is C34H66N5O6P. The van der Waals surface area contributed by atoms with Crippen LogP contribution in [0.4, 0.5) is 0 Å². The molecule has 1 unspecified atom stereocenters. The van der Waals surface area contributed by atoms with Gasteiger partial charge in [0.2, 0.25) is 11.8 Å². The Morgan fingerprint density at radius 2 is 1.54 bits per heavy atom. The Balaban J connectivity index is 0.00000991. The van der Waals surface area contributed by atoms with Crippen LogP contribution in [0.25, 0.3) is 0 Å². The Hall–Kier alpha value is -1.94. The van der Waals surface area contributed by atoms with Gasteiger partial charge in [-0.2, -0.15) is 0 Å². The van der Waals surface area contributed by atoms with Crippen LogP contribution in [-0.4, -0.2) is 89.7 Å². The third kappa shape index (κ3) is 26.2. The van der Waals surface area contributed by atoms with Gasteiger partial charge < -0.3 is 24.8 Å². The summed E-state index contributed by atoms with van der Waals surface area (Å²) in [5.41, 5.74) is 0.541. The summed E-state index contributed by atoms with van der Waals surface area (Å²) in [5, 5.41) is 14.5. The molecule has 0 spiro atoms. The maximum absolute atomic E-state index is 12.5. The van der Waals surface area contributed by atoms with Gasteiger partial charge >= 0.3 is 0 Å². The Labute approximate surface area is 281 Å². The molecular weight excluding hydrogens is 605 g/mol. The number of rotatable bonds is 27. The fourth-order valence-corrected chi connectivity index (χ4v) is 5.14. The highest BCUT2D eigenvalue weighted by molar-refractivity contribution is 7.39. The van der Waals surface area contributed by atoms with E-state index in [2.05, 4.69) is 48.6 Å². The van der Waals surface area contributed by atoms with Gasteiger partial charge in [-0.1, -0.05) is 61.8 Å². The number of nitrogens with one attached hydrogen (secondary N) is 2. The standard InChI is InChI=1S/C32H60N5O6P.C2H6/c1-25(2)19-41-21-29(22-42-20-26(3)4)34-31(40)13-9-8-10-17-37-18-28(35-36-37)12-11-14-30(39)33-16-15-32(6,7)43-24-44-23-27(5)38;1-2/h18,25-26,29,44H,8-17,19-24H2,1-7H3,(H,33,39)(H,34,40);1-2H3. The van der Waals surface area contributed by atoms with Crippen molar-refractivity contribution >= 4 is 26.2 Å². The van der Waals surface area contributed by atoms with Gasteiger partial charge in [0.1, 0.15) is 5.78 Å². The van der Waals surface area contributed by atoms with Gasteiger partial charge in [-0.05, 0) is 64.7 Å². The Kier molecular flexibility index (Phi) is 25.9. The Bertz CT molecular complexity index is 927. The zero-order valence-corrected chi connectivity index (χ0v) is 31.4. The van der Waals surface area contributed by atoms with Crippen molar-refractivity contribution in [2.75, 3.05) is 45.5 Å². The number of Topliss-reactive ketones (excluding diaryl/α,β-unsaturated/α-hetero) is 1. The largest absolute Gasteiger partial charge is 0.379 e. The van der Waals surface area contributed by atoms with Gasteiger partial charge in [0.05, 0.1) is 36.9 Å². The van der Waals surface area contributed by atoms with E-state index in [1.54, 1.807) is 6.92 Å². The zero-order chi connectivity index (χ0) is 34.8. The smallest absolute Gasteiger partial charge is 0.220 e. The lowest BCUT2D eigenvalue weighted by Crippen LogP contribution is -2.42. The summed E-state index contributed by atoms with van der Waals surface area (Å²) in [6.45, 7) is 21.6. The molecule has 2 amide bonds. The summed E-state index contributed by atoms with van der Waals surface area (Å²) in [4.78, 5) is 35.8. The first-order valence-electron chi connectivity index (χ1n) is 17.3. The molecule has 0 fully saturated rings. The van der Waals surface area contributed by atoms with E-state index in [0.717, 1.165) is 31.5 Å². The van der Waals surface area contributed by atoms with E-state index in [0.29, 0.717) is 98.0 Å². The highest BCUT2D eigenvalue weighted by atomic mass is 31.1. The number of aromatic nitrogens is 3. The lowest BCUT2D eigenvalue weighted by molar-refractivity contribution is -0.123. The number of nitrogens with zero attached hydrogens (tertiary/aromatic N) is 3. The summed E-state index contributed by atoms with van der Waals surface area (Å²) in [7, 11) is 0.476. The van der Waals surface area contributed by atoms with Gasteiger partial charge in [-0.3, -0.25) is 19.1 Å². The first kappa shape index (κ1) is 44.1. The molecule has 12 heteroatoms. The van der Waals surface area contributed by atoms with Crippen molar-refractivity contribution in [3.8, 4) is 0 Å². The summed E-state index contributed by atoms with van der Waals surface area (Å²) in [5.74, 6) is 1.13. The molecule has 1 heterocycles. The minimum atomic E-state index is -0.338. The second-order valence-corrected chi connectivity index (χ2v) is 14.2. The van der Waals surface area contributed by atoms with Crippen LogP contribution in [0.3, 0.4) is 0 Å². The van der Waals surface area contributed by atoms with Crippen molar-refractivity contribution in [3.05, 3.63) is 11.9 Å². The first-order chi connectivity index (χ1) is 21.9. The number of unbranched alkanes of at least 4 members (excludes halogenated alkanes) is 2. The van der Waals surface area contributed by atoms with E-state index < -0.39 is 0 Å². The van der Waals surface area contributed by atoms with Crippen LogP contribution in [0.1, 0.15) is 113 Å². The third-order valence-corrected chi connectivity index (χ3v) is 7.70. The number of aryl methyl sites for hydroxylation is 2. The zero-order valence-electron chi connectivity index (χ0n) is 30.4. The number of carbonyl (C=O) groups is 3. The maximum atomic E-state index is 12.5. The molecule has 0 aliphatic rings. The fraction of sp³-hybridized carbons (Fsp3) is 0.853. The van der Waals surface area contributed by atoms with Gasteiger partial charge in [0.15, 0.2) is 0 Å². The van der Waals surface area contributed by atoms with Crippen molar-refractivity contribution < 1.29 is 28.6 Å². The maximum Gasteiger partial charge on any atom is 0.220 e. The monoisotopic (exact) mass is 671 g/mol. The minimum Gasteiger partial charge on any atom is -0.379 e. The molecule has 0 saturated heterocycles. The number of amides is 2. The van der Waals surface area contributed by atoms with Crippen molar-refractivity contribution in [2.24, 2.45) is 11.8 Å². The van der Waals surface area contributed by atoms with Gasteiger partial charge in [-0.25, -0.2) is 0 Å². The number of ether oxygens (including phenoxy) is 3. The molecule has 2 N–H and O–H groups in total. The van der Waals surface area contributed by atoms with Crippen molar-refractivity contribution in [1.82, 2.24) is 25.6 Å². The Morgan fingerprint density at radius 1 is 0.913 bits per heavy atom. The fourth-order valence-electron chi connectivity index (χ4n) is 4.19. The summed E-state index contributed by atoms with van der Waals surface area (Å²) >= 11 is 0. The molecule has 0 radical (unpaired) electrons. The lowest BCUT2D eigenvalue weighted by Gasteiger charge is -2.25. The number of hydrogen-bond donors (Lipinski definition) is 2. The molecule has 1 aromatic rings. The molecule has 0 aliphatic heterocycles. The Morgan fingerprint density at radius 3 is 2.15 bits per heavy atom. The van der Waals surface area contributed by atoms with E-state index in [-0.39, 0.29) is 29.2 Å². The molecule has 46 heavy (non-hydrogen) atoms. The second kappa shape index (κ2) is 27.1. The molecule has 0 aromatic carbocycles. The number of carbonyl (C=O) groups excluding carboxylic acids is 3. The molecule has 1 aromatic heterocycles. The SMILES string of the molecule is CC.CC(=O)CPCOC(C)(C)CCNC(=O)CCCc1cn(CCCCCC(=O)NC(COCC(C)C)COCC(C)C)nn1. The van der Waals surface area contributed by atoms with Crippen molar-refractivity contribution in [3.63, 3.8) is 0 Å². The highest BCUT2D eigenvalue weighted by Gasteiger charge is 2.18. The highest BCUT2D eigenvalue weighted by Crippen LogP contribution is 2.19. The van der Waals surface area contributed by atoms with Crippen LogP contribution >= 0.6 is 8.58 Å². The quantitative estimate of drug-likeness (QED) is 0.0920. The van der Waals surface area contributed by atoms with Crippen molar-refractivity contribution in [2.45, 2.75) is 132 Å². The van der Waals surface area contributed by atoms with Gasteiger partial charge in [0, 0.05) is 51.5 Å². The molecule has 1 rings (SSSR count). The third-order valence-electron chi connectivity index (χ3n) is 6.61. The molecule has 268 valence electrons. The predicted octanol–water partition coefficient (Wildman–Crippen LogP) is 5.54. The second-order valence-electron chi connectivity index (χ2n) is 13.0. The lowest BCUT2D eigenvalue weighted by atomic mass is 10.1. The normalized spacial score (nSPS) is 11.8. The van der Waals surface area contributed by atoms with Gasteiger partial charge in [0.25, 0.3) is 0 Å². The summed E-state index contributed by atoms with van der Waals surface area (Å²) in [6, 6.07) is -0.137. The average molecular weight is 672 g/mol. The van der Waals surface area contributed by atoms with E-state index in [9.17, 15) is 14.4 Å². The summed E-state index contributed by atoms with van der Waals surface area (Å²) in [6.07, 6.45) is 8.73. The average Bonchev–Trinajstić information content (AvgIpc) is 3.43. The van der Waals surface area contributed by atoms with Crippen LogP contribution < -0.4 is 10.6 Å². The van der Waals surface area contributed by atoms with E-state index in [1.165, 1.54) is 0 Å². The van der Waals surface area contributed by atoms with Crippen LogP contribution in [0.5, 0.6) is 0 Å². The molecule has 11 nitrogen and oxygen atoms in total. The van der Waals surface area contributed by atoms with E-state index in [4.69, 9.17) is 14.2 Å². The first-order valence-corrected chi connectivity index (χ1v) is 18.7. The van der Waals surface area contributed by atoms with E-state index in [1.807, 2.05) is 38.6 Å². The van der Waals surface area contributed by atoms with Crippen LogP contribution in [0.15, 0.2) is 6.20 Å². The number of hydrogen-bond acceptors (Lipinski definition) is 8. The van der Waals surface area contributed by atoms with Gasteiger partial charge in [-0.15, -0.1) is 5.10 Å². The molecule has 0 saturated carbocycles. The predicted molar refractivity (Wildman–Crippen MR) is 188 cm³/mol. The van der Waals surface area contributed by atoms with Crippen LogP contribution in [0.2, 0.25) is 0 Å².